The summed E-state index contributed by atoms with van der Waals surface area (Å²) in [7, 11) is 0. The number of piperidine rings is 1. The zero-order valence-corrected chi connectivity index (χ0v) is 11.7. The number of hydrogen-bond acceptors (Lipinski definition) is 2. The Morgan fingerprint density at radius 2 is 1.65 bits per heavy atom. The molecular formula is C15H28N2. The van der Waals surface area contributed by atoms with Crippen LogP contribution in [0.4, 0.5) is 0 Å². The Labute approximate surface area is 107 Å². The highest BCUT2D eigenvalue weighted by atomic mass is 15.0. The average Bonchev–Trinajstić information content (AvgIpc) is 2.45. The highest BCUT2D eigenvalue weighted by Crippen LogP contribution is 2.21. The first-order valence-electron chi connectivity index (χ1n) is 6.92. The maximum absolute atomic E-state index is 6.05. The Kier molecular flexibility index (Phi) is 9.78. The maximum Gasteiger partial charge on any atom is 0.0473 e. The van der Waals surface area contributed by atoms with Gasteiger partial charge in [0.1, 0.15) is 0 Å². The van der Waals surface area contributed by atoms with Crippen LogP contribution in [-0.4, -0.2) is 12.6 Å². The van der Waals surface area contributed by atoms with E-state index in [1.165, 1.54) is 12.0 Å². The first-order valence-corrected chi connectivity index (χ1v) is 6.92. The molecule has 0 spiro atoms. The second-order valence-electron chi connectivity index (χ2n) is 3.65. The fraction of sp³-hybridized carbons (Fsp3) is 0.600. The van der Waals surface area contributed by atoms with Gasteiger partial charge in [-0.05, 0) is 24.9 Å². The fourth-order valence-corrected chi connectivity index (χ4v) is 1.94. The molecule has 1 aliphatic rings. The van der Waals surface area contributed by atoms with Crippen molar-refractivity contribution in [3.63, 3.8) is 0 Å². The van der Waals surface area contributed by atoms with E-state index in [0.29, 0.717) is 6.04 Å². The third kappa shape index (κ3) is 5.33. The van der Waals surface area contributed by atoms with Crippen LogP contribution in [-0.2, 0) is 0 Å². The normalized spacial score (nSPS) is 22.6. The Morgan fingerprint density at radius 1 is 1.06 bits per heavy atom. The molecule has 98 valence electrons. The van der Waals surface area contributed by atoms with Crippen molar-refractivity contribution in [2.24, 2.45) is 5.73 Å². The van der Waals surface area contributed by atoms with Gasteiger partial charge in [0.25, 0.3) is 0 Å². The second kappa shape index (κ2) is 10.3. The predicted octanol–water partition coefficient (Wildman–Crippen LogP) is 3.49. The number of rotatable bonds is 1. The van der Waals surface area contributed by atoms with E-state index in [-0.39, 0.29) is 6.04 Å². The molecule has 0 bridgehead atoms. The van der Waals surface area contributed by atoms with Gasteiger partial charge in [-0.25, -0.2) is 0 Å². The summed E-state index contributed by atoms with van der Waals surface area (Å²) in [6, 6.07) is 11.1. The molecule has 1 aliphatic heterocycles. The van der Waals surface area contributed by atoms with Gasteiger partial charge >= 0.3 is 0 Å². The molecule has 0 aliphatic carbocycles. The van der Waals surface area contributed by atoms with Gasteiger partial charge in [0.15, 0.2) is 0 Å². The van der Waals surface area contributed by atoms with E-state index in [2.05, 4.69) is 29.6 Å². The summed E-state index contributed by atoms with van der Waals surface area (Å²) < 4.78 is 0. The molecule has 3 N–H and O–H groups in total. The average molecular weight is 236 g/mol. The summed E-state index contributed by atoms with van der Waals surface area (Å²) in [4.78, 5) is 0. The molecule has 2 atom stereocenters. The van der Waals surface area contributed by atoms with Gasteiger partial charge < -0.3 is 11.1 Å². The summed E-state index contributed by atoms with van der Waals surface area (Å²) >= 11 is 0. The molecule has 1 aromatic rings. The zero-order valence-electron chi connectivity index (χ0n) is 11.7. The van der Waals surface area contributed by atoms with Crippen molar-refractivity contribution in [1.82, 2.24) is 5.32 Å². The van der Waals surface area contributed by atoms with Crippen molar-refractivity contribution in [2.75, 3.05) is 6.54 Å². The molecule has 2 nitrogen and oxygen atoms in total. The Morgan fingerprint density at radius 3 is 2.18 bits per heavy atom. The Hall–Kier alpha value is -0.860. The number of nitrogens with one attached hydrogen (secondary N) is 1. The summed E-state index contributed by atoms with van der Waals surface area (Å²) in [6.45, 7) is 9.09. The molecule has 0 saturated carbocycles. The largest absolute Gasteiger partial charge is 0.326 e. The van der Waals surface area contributed by atoms with Crippen molar-refractivity contribution in [3.8, 4) is 0 Å². The van der Waals surface area contributed by atoms with Crippen LogP contribution in [0.1, 0.15) is 52.1 Å². The van der Waals surface area contributed by atoms with Gasteiger partial charge in [-0.1, -0.05) is 58.0 Å². The minimum atomic E-state index is 0.274. The van der Waals surface area contributed by atoms with Crippen LogP contribution in [0.25, 0.3) is 0 Å². The first-order chi connectivity index (χ1) is 8.38. The van der Waals surface area contributed by atoms with Gasteiger partial charge in [0.2, 0.25) is 0 Å². The SMILES string of the molecule is CC.CC.N[C@H]1CCCN[C@H]1c1ccccc1. The fourth-order valence-electron chi connectivity index (χ4n) is 1.94. The minimum Gasteiger partial charge on any atom is -0.326 e. The quantitative estimate of drug-likeness (QED) is 0.783. The minimum absolute atomic E-state index is 0.274. The molecule has 0 amide bonds. The van der Waals surface area contributed by atoms with Gasteiger partial charge in [0, 0.05) is 12.1 Å². The number of hydrogen-bond donors (Lipinski definition) is 2. The van der Waals surface area contributed by atoms with Crippen molar-refractivity contribution in [3.05, 3.63) is 35.9 Å². The lowest BCUT2D eigenvalue weighted by atomic mass is 9.93. The molecule has 1 aromatic carbocycles. The van der Waals surface area contributed by atoms with E-state index in [1.807, 2.05) is 33.8 Å². The number of nitrogens with two attached hydrogens (primary N) is 1. The zero-order chi connectivity index (χ0) is 13.1. The van der Waals surface area contributed by atoms with Gasteiger partial charge in [-0.3, -0.25) is 0 Å². The lowest BCUT2D eigenvalue weighted by Crippen LogP contribution is -2.42. The monoisotopic (exact) mass is 236 g/mol. The molecule has 0 radical (unpaired) electrons. The molecule has 1 heterocycles. The van der Waals surface area contributed by atoms with Crippen LogP contribution in [0, 0.1) is 0 Å². The molecule has 1 fully saturated rings. The maximum atomic E-state index is 6.05. The van der Waals surface area contributed by atoms with E-state index in [1.54, 1.807) is 0 Å². The third-order valence-electron chi connectivity index (χ3n) is 2.67. The first kappa shape index (κ1) is 16.1. The Bertz CT molecular complexity index is 259. The topological polar surface area (TPSA) is 38.0 Å². The molecule has 0 unspecified atom stereocenters. The van der Waals surface area contributed by atoms with Crippen LogP contribution in [0.5, 0.6) is 0 Å². The molecule has 17 heavy (non-hydrogen) atoms. The molecule has 0 aromatic heterocycles. The van der Waals surface area contributed by atoms with Crippen LogP contribution < -0.4 is 11.1 Å². The van der Waals surface area contributed by atoms with Crippen molar-refractivity contribution < 1.29 is 0 Å². The van der Waals surface area contributed by atoms with Crippen molar-refractivity contribution in [1.29, 1.82) is 0 Å². The predicted molar refractivity (Wildman–Crippen MR) is 77.1 cm³/mol. The summed E-state index contributed by atoms with van der Waals surface area (Å²) in [5, 5.41) is 3.46. The van der Waals surface area contributed by atoms with Crippen LogP contribution in [0.3, 0.4) is 0 Å². The highest BCUT2D eigenvalue weighted by Gasteiger charge is 2.21. The number of benzene rings is 1. The molecule has 1 saturated heterocycles. The lowest BCUT2D eigenvalue weighted by molar-refractivity contribution is 0.358. The summed E-state index contributed by atoms with van der Waals surface area (Å²) in [5.74, 6) is 0. The smallest absolute Gasteiger partial charge is 0.0473 e. The molecule has 2 heteroatoms. The second-order valence-corrected chi connectivity index (χ2v) is 3.65. The van der Waals surface area contributed by atoms with Crippen LogP contribution in [0.15, 0.2) is 30.3 Å². The van der Waals surface area contributed by atoms with E-state index in [4.69, 9.17) is 5.73 Å². The van der Waals surface area contributed by atoms with E-state index < -0.39 is 0 Å². The highest BCUT2D eigenvalue weighted by molar-refractivity contribution is 5.21. The van der Waals surface area contributed by atoms with Crippen LogP contribution in [0.2, 0.25) is 0 Å². The summed E-state index contributed by atoms with van der Waals surface area (Å²) in [5.41, 5.74) is 7.36. The van der Waals surface area contributed by atoms with Crippen LogP contribution >= 0.6 is 0 Å². The van der Waals surface area contributed by atoms with E-state index in [9.17, 15) is 0 Å². The van der Waals surface area contributed by atoms with Gasteiger partial charge in [0.05, 0.1) is 0 Å². The van der Waals surface area contributed by atoms with Gasteiger partial charge in [-0.2, -0.15) is 0 Å². The van der Waals surface area contributed by atoms with Gasteiger partial charge in [-0.15, -0.1) is 0 Å². The molecule has 2 rings (SSSR count). The van der Waals surface area contributed by atoms with E-state index >= 15 is 0 Å². The van der Waals surface area contributed by atoms with Crippen molar-refractivity contribution >= 4 is 0 Å². The Balaban J connectivity index is 0.000000581. The standard InChI is InChI=1S/C11H16N2.2C2H6/c12-10-7-4-8-13-11(10)9-5-2-1-3-6-9;2*1-2/h1-3,5-6,10-11,13H,4,7-8,12H2;2*1-2H3/t10-,11-;;/m0../s1. The molecular weight excluding hydrogens is 208 g/mol. The lowest BCUT2D eigenvalue weighted by Gasteiger charge is -2.30. The van der Waals surface area contributed by atoms with Crippen molar-refractivity contribution in [2.45, 2.75) is 52.6 Å². The third-order valence-corrected chi connectivity index (χ3v) is 2.67. The van der Waals surface area contributed by atoms with E-state index in [0.717, 1.165) is 13.0 Å². The summed E-state index contributed by atoms with van der Waals surface area (Å²) in [6.07, 6.45) is 2.33.